The van der Waals surface area contributed by atoms with Gasteiger partial charge in [0.2, 0.25) is 0 Å². The molecule has 2 heteroatoms. The van der Waals surface area contributed by atoms with E-state index in [0.29, 0.717) is 6.42 Å². The number of hydrogen-bond donors (Lipinski definition) is 0. The zero-order valence-electron chi connectivity index (χ0n) is 9.39. The predicted octanol–water partition coefficient (Wildman–Crippen LogP) is 2.56. The summed E-state index contributed by atoms with van der Waals surface area (Å²) in [5.74, 6) is 0.858. The lowest BCUT2D eigenvalue weighted by atomic mass is 9.71. The van der Waals surface area contributed by atoms with Gasteiger partial charge >= 0.3 is 0 Å². The molecule has 2 nitrogen and oxygen atoms in total. The molecule has 0 aromatic heterocycles. The molecule has 1 aromatic carbocycles. The van der Waals surface area contributed by atoms with Gasteiger partial charge in [0.1, 0.15) is 0 Å². The van der Waals surface area contributed by atoms with Crippen LogP contribution in [0.25, 0.3) is 0 Å². The fraction of sp³-hybridized carbons (Fsp3) is 0.500. The van der Waals surface area contributed by atoms with Gasteiger partial charge in [-0.3, -0.25) is 4.90 Å². The summed E-state index contributed by atoms with van der Waals surface area (Å²) in [7, 11) is 0. The first-order valence-electron chi connectivity index (χ1n) is 5.98. The zero-order valence-corrected chi connectivity index (χ0v) is 9.39. The number of fused-ring (bicyclic) bond motifs is 1. The molecule has 4 rings (SSSR count). The van der Waals surface area contributed by atoms with Gasteiger partial charge in [0.15, 0.2) is 0 Å². The summed E-state index contributed by atoms with van der Waals surface area (Å²) in [6, 6.07) is 12.9. The van der Waals surface area contributed by atoms with Crippen molar-refractivity contribution >= 4 is 0 Å². The SMILES string of the molecule is N#CCC12CC(CN1Cc1ccccc1)C2. The van der Waals surface area contributed by atoms with Crippen molar-refractivity contribution in [2.45, 2.75) is 31.3 Å². The second-order valence-corrected chi connectivity index (χ2v) is 5.20. The van der Waals surface area contributed by atoms with E-state index in [1.54, 1.807) is 0 Å². The molecule has 2 aliphatic heterocycles. The van der Waals surface area contributed by atoms with Crippen LogP contribution in [0.5, 0.6) is 0 Å². The molecular formula is C14H16N2. The van der Waals surface area contributed by atoms with Crippen LogP contribution in [0.15, 0.2) is 30.3 Å². The minimum absolute atomic E-state index is 0.231. The van der Waals surface area contributed by atoms with Crippen molar-refractivity contribution < 1.29 is 0 Å². The highest BCUT2D eigenvalue weighted by Crippen LogP contribution is 2.52. The van der Waals surface area contributed by atoms with E-state index in [0.717, 1.165) is 12.5 Å². The summed E-state index contributed by atoms with van der Waals surface area (Å²) in [6.45, 7) is 2.20. The summed E-state index contributed by atoms with van der Waals surface area (Å²) in [5, 5.41) is 8.92. The fourth-order valence-corrected chi connectivity index (χ4v) is 3.35. The van der Waals surface area contributed by atoms with Crippen LogP contribution in [-0.4, -0.2) is 17.0 Å². The summed E-state index contributed by atoms with van der Waals surface area (Å²) in [6.07, 6.45) is 3.19. The molecule has 0 atom stereocenters. The van der Waals surface area contributed by atoms with Crippen LogP contribution in [0, 0.1) is 17.2 Å². The van der Waals surface area contributed by atoms with Crippen molar-refractivity contribution in [3.05, 3.63) is 35.9 Å². The first-order chi connectivity index (χ1) is 7.82. The Kier molecular flexibility index (Phi) is 2.22. The van der Waals surface area contributed by atoms with Crippen molar-refractivity contribution in [2.75, 3.05) is 6.54 Å². The molecule has 0 radical (unpaired) electrons. The van der Waals surface area contributed by atoms with Crippen LogP contribution in [-0.2, 0) is 6.54 Å². The predicted molar refractivity (Wildman–Crippen MR) is 62.5 cm³/mol. The Morgan fingerprint density at radius 2 is 2.06 bits per heavy atom. The molecule has 1 saturated carbocycles. The van der Waals surface area contributed by atoms with Crippen LogP contribution >= 0.6 is 0 Å². The Balaban J connectivity index is 1.75. The van der Waals surface area contributed by atoms with Gasteiger partial charge in [-0.05, 0) is 24.3 Å². The minimum atomic E-state index is 0.231. The number of hydrogen-bond acceptors (Lipinski definition) is 2. The molecule has 0 unspecified atom stereocenters. The zero-order chi connectivity index (χ0) is 11.0. The third kappa shape index (κ3) is 1.44. The first kappa shape index (κ1) is 9.86. The van der Waals surface area contributed by atoms with Gasteiger partial charge in [0, 0.05) is 18.6 Å². The molecular weight excluding hydrogens is 196 g/mol. The normalized spacial score (nSPS) is 32.1. The lowest BCUT2D eigenvalue weighted by molar-refractivity contribution is 0.106. The summed E-state index contributed by atoms with van der Waals surface area (Å²) in [4.78, 5) is 2.52. The van der Waals surface area contributed by atoms with Gasteiger partial charge in [-0.2, -0.15) is 5.26 Å². The Bertz CT molecular complexity index is 412. The minimum Gasteiger partial charge on any atom is -0.292 e. The monoisotopic (exact) mass is 212 g/mol. The topological polar surface area (TPSA) is 27.0 Å². The van der Waals surface area contributed by atoms with Crippen LogP contribution in [0.1, 0.15) is 24.8 Å². The Morgan fingerprint density at radius 3 is 2.75 bits per heavy atom. The standard InChI is InChI=1S/C14H16N2/c15-7-6-14-8-13(9-14)11-16(14)10-12-4-2-1-3-5-12/h1-5,13H,6,8-11H2. The van der Waals surface area contributed by atoms with Crippen LogP contribution in [0.3, 0.4) is 0 Å². The highest BCUT2D eigenvalue weighted by molar-refractivity contribution is 5.19. The lowest BCUT2D eigenvalue weighted by Gasteiger charge is -2.40. The quantitative estimate of drug-likeness (QED) is 0.770. The van der Waals surface area contributed by atoms with Crippen LogP contribution in [0.4, 0.5) is 0 Å². The molecule has 0 spiro atoms. The first-order valence-corrected chi connectivity index (χ1v) is 5.98. The van der Waals surface area contributed by atoms with Crippen LogP contribution < -0.4 is 0 Å². The molecule has 2 heterocycles. The number of nitriles is 1. The van der Waals surface area contributed by atoms with Crippen LogP contribution in [0.2, 0.25) is 0 Å². The summed E-state index contributed by atoms with van der Waals surface area (Å²) < 4.78 is 0. The second kappa shape index (κ2) is 3.61. The maximum Gasteiger partial charge on any atom is 0.0641 e. The molecule has 3 aliphatic rings. The maximum absolute atomic E-state index is 8.92. The van der Waals surface area contributed by atoms with Gasteiger partial charge in [0.05, 0.1) is 12.5 Å². The number of rotatable bonds is 3. The smallest absolute Gasteiger partial charge is 0.0641 e. The summed E-state index contributed by atoms with van der Waals surface area (Å²) >= 11 is 0. The molecule has 1 aliphatic carbocycles. The molecule has 0 N–H and O–H groups in total. The van der Waals surface area contributed by atoms with E-state index in [1.807, 2.05) is 0 Å². The van der Waals surface area contributed by atoms with Gasteiger partial charge in [0.25, 0.3) is 0 Å². The third-order valence-corrected chi connectivity index (χ3v) is 4.11. The average Bonchev–Trinajstić information content (AvgIpc) is 2.73. The lowest BCUT2D eigenvalue weighted by Crippen LogP contribution is -2.45. The van der Waals surface area contributed by atoms with E-state index in [2.05, 4.69) is 41.3 Å². The average molecular weight is 212 g/mol. The van der Waals surface area contributed by atoms with Gasteiger partial charge in [-0.25, -0.2) is 0 Å². The second-order valence-electron chi connectivity index (χ2n) is 5.20. The molecule has 3 fully saturated rings. The molecule has 16 heavy (non-hydrogen) atoms. The highest BCUT2D eigenvalue weighted by atomic mass is 15.3. The highest BCUT2D eigenvalue weighted by Gasteiger charge is 2.55. The van der Waals surface area contributed by atoms with Gasteiger partial charge < -0.3 is 0 Å². The van der Waals surface area contributed by atoms with E-state index in [9.17, 15) is 0 Å². The molecule has 0 amide bonds. The number of benzene rings is 1. The number of nitrogens with zero attached hydrogens (tertiary/aromatic N) is 2. The van der Waals surface area contributed by atoms with Crippen molar-refractivity contribution in [2.24, 2.45) is 5.92 Å². The van der Waals surface area contributed by atoms with E-state index in [1.165, 1.54) is 24.9 Å². The van der Waals surface area contributed by atoms with E-state index in [4.69, 9.17) is 5.26 Å². The van der Waals surface area contributed by atoms with E-state index >= 15 is 0 Å². The Morgan fingerprint density at radius 1 is 1.31 bits per heavy atom. The molecule has 2 saturated heterocycles. The van der Waals surface area contributed by atoms with E-state index in [-0.39, 0.29) is 5.54 Å². The van der Waals surface area contributed by atoms with Crippen molar-refractivity contribution in [3.63, 3.8) is 0 Å². The Labute approximate surface area is 96.5 Å². The maximum atomic E-state index is 8.92. The Hall–Kier alpha value is -1.33. The van der Waals surface area contributed by atoms with Gasteiger partial charge in [-0.15, -0.1) is 0 Å². The van der Waals surface area contributed by atoms with E-state index < -0.39 is 0 Å². The fourth-order valence-electron chi connectivity index (χ4n) is 3.35. The van der Waals surface area contributed by atoms with Crippen molar-refractivity contribution in [1.29, 1.82) is 5.26 Å². The largest absolute Gasteiger partial charge is 0.292 e. The third-order valence-electron chi connectivity index (χ3n) is 4.11. The molecule has 1 aromatic rings. The molecule has 2 bridgehead atoms. The summed E-state index contributed by atoms with van der Waals surface area (Å²) in [5.41, 5.74) is 1.60. The van der Waals surface area contributed by atoms with Gasteiger partial charge in [-0.1, -0.05) is 30.3 Å². The molecule has 82 valence electrons. The van der Waals surface area contributed by atoms with Crippen molar-refractivity contribution in [1.82, 2.24) is 4.90 Å². The van der Waals surface area contributed by atoms with Crippen molar-refractivity contribution in [3.8, 4) is 6.07 Å².